The van der Waals surface area contributed by atoms with E-state index in [4.69, 9.17) is 14.7 Å². The Morgan fingerprint density at radius 2 is 1.73 bits per heavy atom. The first-order valence-electron chi connectivity index (χ1n) is 13.3. The molecule has 1 fully saturated rings. The first kappa shape index (κ1) is 28.8. The number of hydrogen-bond acceptors (Lipinski definition) is 7. The third kappa shape index (κ3) is 7.06. The van der Waals surface area contributed by atoms with Crippen LogP contribution in [0.5, 0.6) is 5.75 Å². The van der Waals surface area contributed by atoms with Gasteiger partial charge in [-0.05, 0) is 76.4 Å². The molecular formula is C30H36N4O6. The molecule has 0 radical (unpaired) electrons. The molecule has 212 valence electrons. The zero-order valence-electron chi connectivity index (χ0n) is 23.3. The summed E-state index contributed by atoms with van der Waals surface area (Å²) in [5.74, 6) is -0.241. The van der Waals surface area contributed by atoms with Gasteiger partial charge in [0.15, 0.2) is 0 Å². The number of rotatable bonds is 7. The average Bonchev–Trinajstić information content (AvgIpc) is 2.92. The van der Waals surface area contributed by atoms with Crippen molar-refractivity contribution >= 4 is 28.8 Å². The van der Waals surface area contributed by atoms with Crippen molar-refractivity contribution < 1.29 is 29.1 Å². The largest absolute Gasteiger partial charge is 0.485 e. The van der Waals surface area contributed by atoms with Crippen molar-refractivity contribution in [2.75, 3.05) is 13.1 Å². The Morgan fingerprint density at radius 1 is 1.05 bits per heavy atom. The zero-order valence-corrected chi connectivity index (χ0v) is 23.3. The quantitative estimate of drug-likeness (QED) is 0.286. The molecule has 1 atom stereocenters. The molecule has 3 N–H and O–H groups in total. The minimum absolute atomic E-state index is 0.125. The van der Waals surface area contributed by atoms with E-state index in [1.165, 1.54) is 0 Å². The van der Waals surface area contributed by atoms with Crippen LogP contribution >= 0.6 is 0 Å². The molecule has 0 spiro atoms. The summed E-state index contributed by atoms with van der Waals surface area (Å²) in [6.45, 7) is 7.92. The monoisotopic (exact) mass is 548 g/mol. The van der Waals surface area contributed by atoms with Crippen molar-refractivity contribution in [3.63, 3.8) is 0 Å². The van der Waals surface area contributed by atoms with E-state index < -0.39 is 23.1 Å². The van der Waals surface area contributed by atoms with Crippen LogP contribution < -0.4 is 15.5 Å². The van der Waals surface area contributed by atoms with E-state index >= 15 is 0 Å². The van der Waals surface area contributed by atoms with Crippen molar-refractivity contribution in [3.8, 4) is 5.75 Å². The summed E-state index contributed by atoms with van der Waals surface area (Å²) in [6, 6.07) is 16.7. The lowest BCUT2D eigenvalue weighted by atomic mass is 9.83. The lowest BCUT2D eigenvalue weighted by molar-refractivity contribution is -0.131. The number of nitrogens with one attached hydrogen (secondary N) is 2. The summed E-state index contributed by atoms with van der Waals surface area (Å²) in [7, 11) is 0. The molecular weight excluding hydrogens is 512 g/mol. The van der Waals surface area contributed by atoms with Crippen molar-refractivity contribution in [1.29, 1.82) is 0 Å². The molecule has 0 aliphatic carbocycles. The number of likely N-dealkylation sites (tertiary alicyclic amines) is 1. The third-order valence-electron chi connectivity index (χ3n) is 6.93. The summed E-state index contributed by atoms with van der Waals surface area (Å²) >= 11 is 0. The number of hydroxylamine groups is 1. The summed E-state index contributed by atoms with van der Waals surface area (Å²) < 4.78 is 11.7. The second-order valence-electron chi connectivity index (χ2n) is 11.1. The normalized spacial score (nSPS) is 15.7. The van der Waals surface area contributed by atoms with Crippen molar-refractivity contribution in [1.82, 2.24) is 20.7 Å². The van der Waals surface area contributed by atoms with Crippen LogP contribution in [0.3, 0.4) is 0 Å². The van der Waals surface area contributed by atoms with E-state index in [9.17, 15) is 14.4 Å². The first-order chi connectivity index (χ1) is 19.0. The number of carbonyl (C=O) groups is 3. The maximum atomic E-state index is 13.3. The van der Waals surface area contributed by atoms with Crippen molar-refractivity contribution in [2.45, 2.75) is 64.2 Å². The summed E-state index contributed by atoms with van der Waals surface area (Å²) in [5.41, 5.74) is 2.25. The fourth-order valence-electron chi connectivity index (χ4n) is 4.79. The highest BCUT2D eigenvalue weighted by Gasteiger charge is 2.40. The fraction of sp³-hybridized carbons (Fsp3) is 0.400. The minimum Gasteiger partial charge on any atom is -0.485 e. The first-order valence-corrected chi connectivity index (χ1v) is 13.3. The Balaban J connectivity index is 1.43. The molecule has 1 saturated heterocycles. The predicted octanol–water partition coefficient (Wildman–Crippen LogP) is 4.77. The Kier molecular flexibility index (Phi) is 8.58. The van der Waals surface area contributed by atoms with Crippen LogP contribution in [-0.2, 0) is 9.53 Å². The number of hydrogen-bond donors (Lipinski definition) is 3. The van der Waals surface area contributed by atoms with Crippen LogP contribution in [0.4, 0.5) is 4.79 Å². The Morgan fingerprint density at radius 3 is 2.38 bits per heavy atom. The SMILES string of the molecule is CC(Oc1ccnc2ccccc12)c1ccc(C(=O)NC2(CC(=O)NO)CCN(C(=O)OC(C)(C)C)CC2)cc1. The molecule has 2 heterocycles. The highest BCUT2D eigenvalue weighted by atomic mass is 16.6. The highest BCUT2D eigenvalue weighted by molar-refractivity contribution is 5.95. The molecule has 4 rings (SSSR count). The molecule has 1 aliphatic rings. The summed E-state index contributed by atoms with van der Waals surface area (Å²) in [6.07, 6.45) is 1.52. The second kappa shape index (κ2) is 11.9. The molecule has 10 nitrogen and oxygen atoms in total. The molecule has 2 aromatic carbocycles. The molecule has 1 aromatic heterocycles. The number of ether oxygens (including phenoxy) is 2. The van der Waals surface area contributed by atoms with Crippen LogP contribution in [0.2, 0.25) is 0 Å². The van der Waals surface area contributed by atoms with Gasteiger partial charge in [0.05, 0.1) is 17.5 Å². The van der Waals surface area contributed by atoms with Gasteiger partial charge in [0, 0.05) is 30.2 Å². The van der Waals surface area contributed by atoms with Gasteiger partial charge in [0.2, 0.25) is 5.91 Å². The maximum absolute atomic E-state index is 13.3. The lowest BCUT2D eigenvalue weighted by Gasteiger charge is -2.42. The molecule has 0 saturated carbocycles. The molecule has 3 amide bonds. The minimum atomic E-state index is -0.931. The van der Waals surface area contributed by atoms with E-state index in [1.807, 2.05) is 49.4 Å². The topological polar surface area (TPSA) is 130 Å². The van der Waals surface area contributed by atoms with Gasteiger partial charge in [0.25, 0.3) is 5.91 Å². The molecule has 40 heavy (non-hydrogen) atoms. The van der Waals surface area contributed by atoms with Gasteiger partial charge in [0.1, 0.15) is 17.5 Å². The van der Waals surface area contributed by atoms with E-state index in [1.54, 1.807) is 49.5 Å². The number of piperidine rings is 1. The number of para-hydroxylation sites is 1. The number of aromatic nitrogens is 1. The lowest BCUT2D eigenvalue weighted by Crippen LogP contribution is -2.58. The highest BCUT2D eigenvalue weighted by Crippen LogP contribution is 2.30. The van der Waals surface area contributed by atoms with E-state index in [0.717, 1.165) is 22.2 Å². The number of carbonyl (C=O) groups excluding carboxylic acids is 3. The smallest absolute Gasteiger partial charge is 0.410 e. The van der Waals surface area contributed by atoms with Crippen LogP contribution in [0.1, 0.15) is 69.0 Å². The Bertz CT molecular complexity index is 1360. The molecule has 1 aliphatic heterocycles. The fourth-order valence-corrected chi connectivity index (χ4v) is 4.79. The van der Waals surface area contributed by atoms with Gasteiger partial charge in [-0.3, -0.25) is 19.8 Å². The molecule has 3 aromatic rings. The standard InChI is InChI=1S/C30H36N4O6/c1-20(39-25-13-16-31-24-8-6-5-7-23(24)25)21-9-11-22(12-10-21)27(36)32-30(19-26(35)33-38)14-17-34(18-15-30)28(37)40-29(2,3)4/h5-13,16,20,38H,14-15,17-19H2,1-4H3,(H,32,36)(H,33,35). The molecule has 0 bridgehead atoms. The Labute approximate surface area is 233 Å². The number of fused-ring (bicyclic) bond motifs is 1. The zero-order chi connectivity index (χ0) is 28.9. The number of amides is 3. The number of pyridine rings is 1. The molecule has 10 heteroatoms. The Hall–Kier alpha value is -4.18. The van der Waals surface area contributed by atoms with Gasteiger partial charge >= 0.3 is 6.09 Å². The van der Waals surface area contributed by atoms with Crippen LogP contribution in [-0.4, -0.2) is 57.2 Å². The second-order valence-corrected chi connectivity index (χ2v) is 11.1. The predicted molar refractivity (Wildman–Crippen MR) is 149 cm³/mol. The van der Waals surface area contributed by atoms with Crippen LogP contribution in [0.15, 0.2) is 60.8 Å². The van der Waals surface area contributed by atoms with Gasteiger partial charge < -0.3 is 19.7 Å². The number of benzene rings is 2. The van der Waals surface area contributed by atoms with Crippen LogP contribution in [0.25, 0.3) is 10.9 Å². The van der Waals surface area contributed by atoms with Gasteiger partial charge in [-0.2, -0.15) is 0 Å². The average molecular weight is 549 g/mol. The van der Waals surface area contributed by atoms with Gasteiger partial charge in [-0.25, -0.2) is 10.3 Å². The van der Waals surface area contributed by atoms with Crippen molar-refractivity contribution in [3.05, 3.63) is 71.9 Å². The van der Waals surface area contributed by atoms with Crippen LogP contribution in [0, 0.1) is 0 Å². The maximum Gasteiger partial charge on any atom is 0.410 e. The molecule has 1 unspecified atom stereocenters. The third-order valence-corrected chi connectivity index (χ3v) is 6.93. The summed E-state index contributed by atoms with van der Waals surface area (Å²) in [4.78, 5) is 43.8. The van der Waals surface area contributed by atoms with E-state index in [2.05, 4.69) is 10.3 Å². The number of nitrogens with zero attached hydrogens (tertiary/aromatic N) is 2. The van der Waals surface area contributed by atoms with E-state index in [-0.39, 0.29) is 18.4 Å². The van der Waals surface area contributed by atoms with E-state index in [0.29, 0.717) is 31.5 Å². The van der Waals surface area contributed by atoms with Gasteiger partial charge in [-0.15, -0.1) is 0 Å². The van der Waals surface area contributed by atoms with Gasteiger partial charge in [-0.1, -0.05) is 24.3 Å². The van der Waals surface area contributed by atoms with Crippen molar-refractivity contribution in [2.24, 2.45) is 0 Å². The summed E-state index contributed by atoms with van der Waals surface area (Å²) in [5, 5.41) is 13.1.